The predicted molar refractivity (Wildman–Crippen MR) is 82.8 cm³/mol. The van der Waals surface area contributed by atoms with E-state index in [1.165, 1.54) is 75.8 Å². The molecule has 1 N–H and O–H groups in total. The third-order valence-electron chi connectivity index (χ3n) is 4.69. The van der Waals surface area contributed by atoms with Crippen LogP contribution in [-0.4, -0.2) is 36.1 Å². The number of nitrogens with zero attached hydrogens (tertiary/aromatic N) is 2. The van der Waals surface area contributed by atoms with Gasteiger partial charge in [0.05, 0.1) is 5.69 Å². The highest BCUT2D eigenvalue weighted by atomic mass is 15.1. The lowest BCUT2D eigenvalue weighted by Crippen LogP contribution is -2.33. The highest BCUT2D eigenvalue weighted by Gasteiger charge is 2.20. The van der Waals surface area contributed by atoms with Gasteiger partial charge in [-0.2, -0.15) is 0 Å². The summed E-state index contributed by atoms with van der Waals surface area (Å²) in [6, 6.07) is 4.79. The Morgan fingerprint density at radius 1 is 1.20 bits per heavy atom. The Bertz CT molecular complexity index is 412. The Morgan fingerprint density at radius 2 is 2.10 bits per heavy atom. The van der Waals surface area contributed by atoms with Crippen molar-refractivity contribution in [1.82, 2.24) is 15.2 Å². The number of rotatable bonds is 5. The van der Waals surface area contributed by atoms with Crippen LogP contribution >= 0.6 is 0 Å². The number of hydrogen-bond acceptors (Lipinski definition) is 3. The Kier molecular flexibility index (Phi) is 5.04. The van der Waals surface area contributed by atoms with Gasteiger partial charge >= 0.3 is 0 Å². The van der Waals surface area contributed by atoms with Crippen molar-refractivity contribution in [3.63, 3.8) is 0 Å². The average molecular weight is 273 g/mol. The lowest BCUT2D eigenvalue weighted by molar-refractivity contribution is 0.224. The van der Waals surface area contributed by atoms with Crippen LogP contribution in [0.5, 0.6) is 0 Å². The third-order valence-corrected chi connectivity index (χ3v) is 4.69. The molecule has 1 atom stereocenters. The largest absolute Gasteiger partial charge is 0.309 e. The number of aryl methyl sites for hydroxylation is 1. The highest BCUT2D eigenvalue weighted by molar-refractivity contribution is 5.25. The van der Waals surface area contributed by atoms with Crippen LogP contribution in [0, 0.1) is 0 Å². The summed E-state index contributed by atoms with van der Waals surface area (Å²) in [6.45, 7) is 5.01. The number of nitrogens with one attached hydrogen (secondary N) is 1. The molecule has 1 aliphatic carbocycles. The van der Waals surface area contributed by atoms with Gasteiger partial charge in [0.25, 0.3) is 0 Å². The van der Waals surface area contributed by atoms with E-state index in [0.717, 1.165) is 6.54 Å². The molecule has 1 aromatic heterocycles. The predicted octanol–water partition coefficient (Wildman–Crippen LogP) is 2.92. The summed E-state index contributed by atoms with van der Waals surface area (Å²) in [5, 5.41) is 3.73. The van der Waals surface area contributed by atoms with Gasteiger partial charge < -0.3 is 10.2 Å². The van der Waals surface area contributed by atoms with Crippen LogP contribution in [0.15, 0.2) is 18.3 Å². The zero-order valence-corrected chi connectivity index (χ0v) is 12.5. The molecule has 110 valence electrons. The molecule has 0 radical (unpaired) electrons. The van der Waals surface area contributed by atoms with Crippen LogP contribution in [0.4, 0.5) is 0 Å². The van der Waals surface area contributed by atoms with Gasteiger partial charge in [-0.15, -0.1) is 0 Å². The van der Waals surface area contributed by atoms with Crippen LogP contribution in [0.1, 0.15) is 55.8 Å². The van der Waals surface area contributed by atoms with Gasteiger partial charge in [0.1, 0.15) is 0 Å². The summed E-state index contributed by atoms with van der Waals surface area (Å²) in [6.07, 6.45) is 11.2. The zero-order chi connectivity index (χ0) is 13.6. The van der Waals surface area contributed by atoms with Crippen LogP contribution in [-0.2, 0) is 6.42 Å². The lowest BCUT2D eigenvalue weighted by atomic mass is 9.92. The molecule has 0 amide bonds. The van der Waals surface area contributed by atoms with Crippen LogP contribution in [0.25, 0.3) is 0 Å². The summed E-state index contributed by atoms with van der Waals surface area (Å²) < 4.78 is 0. The van der Waals surface area contributed by atoms with Crippen molar-refractivity contribution in [3.05, 3.63) is 29.6 Å². The highest BCUT2D eigenvalue weighted by Crippen LogP contribution is 2.27. The minimum Gasteiger partial charge on any atom is -0.309 e. The van der Waals surface area contributed by atoms with Crippen molar-refractivity contribution in [2.45, 2.75) is 51.0 Å². The fourth-order valence-electron chi connectivity index (χ4n) is 3.57. The summed E-state index contributed by atoms with van der Waals surface area (Å²) in [4.78, 5) is 7.22. The molecule has 1 fully saturated rings. The molecular weight excluding hydrogens is 246 g/mol. The maximum absolute atomic E-state index is 4.60. The first-order valence-electron chi connectivity index (χ1n) is 8.33. The fraction of sp³-hybridized carbons (Fsp3) is 0.706. The summed E-state index contributed by atoms with van der Waals surface area (Å²) in [5.41, 5.74) is 2.75. The lowest BCUT2D eigenvalue weighted by Gasteiger charge is -2.28. The van der Waals surface area contributed by atoms with Crippen LogP contribution in [0.2, 0.25) is 0 Å². The average Bonchev–Trinajstić information content (AvgIpc) is 2.53. The Labute approximate surface area is 122 Å². The summed E-state index contributed by atoms with van der Waals surface area (Å²) in [7, 11) is 0. The van der Waals surface area contributed by atoms with Crippen molar-refractivity contribution >= 4 is 0 Å². The van der Waals surface area contributed by atoms with Crippen molar-refractivity contribution in [1.29, 1.82) is 0 Å². The minimum atomic E-state index is 0.487. The van der Waals surface area contributed by atoms with Crippen LogP contribution < -0.4 is 5.32 Å². The minimum absolute atomic E-state index is 0.487. The number of fused-ring (bicyclic) bond motifs is 1. The summed E-state index contributed by atoms with van der Waals surface area (Å²) in [5.74, 6) is 0. The van der Waals surface area contributed by atoms with Crippen molar-refractivity contribution in [2.75, 3.05) is 26.2 Å². The van der Waals surface area contributed by atoms with Gasteiger partial charge in [0.15, 0.2) is 0 Å². The quantitative estimate of drug-likeness (QED) is 0.836. The van der Waals surface area contributed by atoms with E-state index >= 15 is 0 Å². The first-order chi connectivity index (χ1) is 9.93. The first kappa shape index (κ1) is 14.0. The number of hydrogen-bond donors (Lipinski definition) is 1. The maximum atomic E-state index is 4.60. The van der Waals surface area contributed by atoms with E-state index in [2.05, 4.69) is 27.3 Å². The molecule has 3 nitrogen and oxygen atoms in total. The first-order valence-corrected chi connectivity index (χ1v) is 8.33. The van der Waals surface area contributed by atoms with Gasteiger partial charge in [-0.3, -0.25) is 4.98 Å². The van der Waals surface area contributed by atoms with Gasteiger partial charge in [0, 0.05) is 12.2 Å². The number of aromatic nitrogens is 1. The van der Waals surface area contributed by atoms with E-state index in [9.17, 15) is 0 Å². The molecule has 0 aromatic carbocycles. The van der Waals surface area contributed by atoms with E-state index in [0.29, 0.717) is 6.04 Å². The van der Waals surface area contributed by atoms with Crippen molar-refractivity contribution < 1.29 is 0 Å². The van der Waals surface area contributed by atoms with Crippen molar-refractivity contribution in [3.8, 4) is 0 Å². The Hall–Kier alpha value is -0.930. The standard InChI is InChI=1S/C17H27N3/c1-2-12-20(13-3-1)14-6-11-18-16-9-4-7-15-8-5-10-19-17(15)16/h5,8,10,16,18H,1-4,6-7,9,11-14H2. The molecule has 0 saturated carbocycles. The molecule has 0 bridgehead atoms. The molecule has 1 saturated heterocycles. The van der Waals surface area contributed by atoms with E-state index in [1.54, 1.807) is 0 Å². The number of pyridine rings is 1. The summed E-state index contributed by atoms with van der Waals surface area (Å²) >= 11 is 0. The van der Waals surface area contributed by atoms with Crippen molar-refractivity contribution in [2.24, 2.45) is 0 Å². The Morgan fingerprint density at radius 3 is 3.00 bits per heavy atom. The molecule has 3 heteroatoms. The molecule has 2 aliphatic rings. The second kappa shape index (κ2) is 7.19. The smallest absolute Gasteiger partial charge is 0.0605 e. The van der Waals surface area contributed by atoms with Gasteiger partial charge in [-0.05, 0) is 76.3 Å². The molecule has 1 unspecified atom stereocenters. The van der Waals surface area contributed by atoms with E-state index < -0.39 is 0 Å². The van der Waals surface area contributed by atoms with E-state index in [1.807, 2.05) is 6.20 Å². The molecule has 3 rings (SSSR count). The Balaban J connectivity index is 1.43. The van der Waals surface area contributed by atoms with Gasteiger partial charge in [-0.1, -0.05) is 12.5 Å². The molecule has 1 aromatic rings. The monoisotopic (exact) mass is 273 g/mol. The van der Waals surface area contributed by atoms with Gasteiger partial charge in [0.2, 0.25) is 0 Å². The van der Waals surface area contributed by atoms with E-state index in [-0.39, 0.29) is 0 Å². The van der Waals surface area contributed by atoms with E-state index in [4.69, 9.17) is 0 Å². The van der Waals surface area contributed by atoms with Crippen LogP contribution in [0.3, 0.4) is 0 Å². The number of likely N-dealkylation sites (tertiary alicyclic amines) is 1. The molecule has 0 spiro atoms. The SMILES string of the molecule is c1cnc2c(c1)CCCC2NCCCN1CCCCC1. The zero-order valence-electron chi connectivity index (χ0n) is 12.5. The molecule has 20 heavy (non-hydrogen) atoms. The second-order valence-corrected chi connectivity index (χ2v) is 6.20. The van der Waals surface area contributed by atoms with Gasteiger partial charge in [-0.25, -0.2) is 0 Å². The maximum Gasteiger partial charge on any atom is 0.0605 e. The fourth-order valence-corrected chi connectivity index (χ4v) is 3.57. The third kappa shape index (κ3) is 3.58. The molecule has 2 heterocycles. The molecule has 1 aliphatic heterocycles. The molecular formula is C17H27N3. The second-order valence-electron chi connectivity index (χ2n) is 6.20. The topological polar surface area (TPSA) is 28.2 Å². The number of piperidine rings is 1. The normalized spacial score (nSPS) is 23.5.